The highest BCUT2D eigenvalue weighted by Gasteiger charge is 2.18. The maximum atomic E-state index is 11.9. The highest BCUT2D eigenvalue weighted by atomic mass is 35.5. The highest BCUT2D eigenvalue weighted by molar-refractivity contribution is 6.30. The number of nitrogens with one attached hydrogen (secondary N) is 1. The molecule has 0 bridgehead atoms. The second-order valence-electron chi connectivity index (χ2n) is 4.99. The van der Waals surface area contributed by atoms with Crippen LogP contribution in [0.2, 0.25) is 5.02 Å². The van der Waals surface area contributed by atoms with Crippen LogP contribution < -0.4 is 5.32 Å². The van der Waals surface area contributed by atoms with E-state index in [1.54, 1.807) is 19.2 Å². The van der Waals surface area contributed by atoms with Crippen molar-refractivity contribution >= 4 is 23.6 Å². The van der Waals surface area contributed by atoms with E-state index >= 15 is 0 Å². The summed E-state index contributed by atoms with van der Waals surface area (Å²) >= 11 is 5.81. The van der Waals surface area contributed by atoms with E-state index < -0.39 is 11.9 Å². The van der Waals surface area contributed by atoms with E-state index in [1.165, 1.54) is 4.90 Å². The van der Waals surface area contributed by atoms with Crippen LogP contribution in [-0.2, 0) is 11.3 Å². The summed E-state index contributed by atoms with van der Waals surface area (Å²) in [6, 6.07) is 6.95. The van der Waals surface area contributed by atoms with Gasteiger partial charge in [-0.3, -0.25) is 4.79 Å². The number of nitrogens with zero attached hydrogens (tertiary/aromatic N) is 1. The van der Waals surface area contributed by atoms with Crippen LogP contribution in [0.1, 0.15) is 25.3 Å². The van der Waals surface area contributed by atoms with Crippen LogP contribution in [0.4, 0.5) is 4.79 Å². The lowest BCUT2D eigenvalue weighted by atomic mass is 10.0. The molecule has 6 heteroatoms. The summed E-state index contributed by atoms with van der Waals surface area (Å²) in [5.74, 6) is -1.42. The van der Waals surface area contributed by atoms with Gasteiger partial charge in [0.25, 0.3) is 0 Å². The lowest BCUT2D eigenvalue weighted by Crippen LogP contribution is -2.40. The molecule has 0 fully saturated rings. The topological polar surface area (TPSA) is 69.6 Å². The van der Waals surface area contributed by atoms with Crippen molar-refractivity contribution in [2.45, 2.75) is 26.3 Å². The third-order valence-electron chi connectivity index (χ3n) is 3.17. The number of hydrogen-bond acceptors (Lipinski definition) is 2. The molecule has 0 aromatic heterocycles. The maximum Gasteiger partial charge on any atom is 0.317 e. The monoisotopic (exact) mass is 312 g/mol. The molecule has 1 rings (SSSR count). The van der Waals surface area contributed by atoms with Crippen molar-refractivity contribution in [2.75, 3.05) is 13.6 Å². The first-order chi connectivity index (χ1) is 9.93. The third kappa shape index (κ3) is 6.04. The Hall–Kier alpha value is -1.75. The summed E-state index contributed by atoms with van der Waals surface area (Å²) in [6.45, 7) is 2.51. The molecule has 0 aliphatic carbocycles. The SMILES string of the molecule is CCCC(CNC(=O)N(C)Cc1ccc(Cl)cc1)C(=O)O. The molecule has 0 aliphatic heterocycles. The first-order valence-electron chi connectivity index (χ1n) is 6.90. The van der Waals surface area contributed by atoms with Gasteiger partial charge in [0.05, 0.1) is 5.92 Å². The number of aliphatic carboxylic acids is 1. The summed E-state index contributed by atoms with van der Waals surface area (Å²) < 4.78 is 0. The zero-order valence-corrected chi connectivity index (χ0v) is 13.1. The van der Waals surface area contributed by atoms with Crippen molar-refractivity contribution in [3.63, 3.8) is 0 Å². The summed E-state index contributed by atoms with van der Waals surface area (Å²) in [5.41, 5.74) is 0.959. The normalized spacial score (nSPS) is 11.8. The maximum absolute atomic E-state index is 11.9. The lowest BCUT2D eigenvalue weighted by molar-refractivity contribution is -0.141. The van der Waals surface area contributed by atoms with E-state index in [0.717, 1.165) is 12.0 Å². The Morgan fingerprint density at radius 3 is 2.48 bits per heavy atom. The van der Waals surface area contributed by atoms with Crippen LogP contribution in [0, 0.1) is 5.92 Å². The second kappa shape index (κ2) is 8.52. The van der Waals surface area contributed by atoms with Crippen molar-refractivity contribution in [1.82, 2.24) is 10.2 Å². The van der Waals surface area contributed by atoms with Crippen LogP contribution >= 0.6 is 11.6 Å². The average Bonchev–Trinajstić information content (AvgIpc) is 2.45. The summed E-state index contributed by atoms with van der Waals surface area (Å²) in [4.78, 5) is 24.5. The number of carboxylic acids is 1. The molecule has 2 N–H and O–H groups in total. The van der Waals surface area contributed by atoms with Gasteiger partial charge in [0.1, 0.15) is 0 Å². The van der Waals surface area contributed by atoms with E-state index in [1.807, 2.05) is 19.1 Å². The Kier molecular flexibility index (Phi) is 7.02. The smallest absolute Gasteiger partial charge is 0.317 e. The van der Waals surface area contributed by atoms with Crippen molar-refractivity contribution < 1.29 is 14.7 Å². The molecule has 1 unspecified atom stereocenters. The molecule has 2 amide bonds. The minimum atomic E-state index is -0.877. The molecular weight excluding hydrogens is 292 g/mol. The molecule has 0 spiro atoms. The van der Waals surface area contributed by atoms with E-state index in [4.69, 9.17) is 16.7 Å². The van der Waals surface area contributed by atoms with Crippen molar-refractivity contribution in [3.8, 4) is 0 Å². The van der Waals surface area contributed by atoms with Crippen molar-refractivity contribution in [1.29, 1.82) is 0 Å². The standard InChI is InChI=1S/C15H21ClN2O3/c1-3-4-12(14(19)20)9-17-15(21)18(2)10-11-5-7-13(16)8-6-11/h5-8,12H,3-4,9-10H2,1-2H3,(H,17,21)(H,19,20). The fraction of sp³-hybridized carbons (Fsp3) is 0.467. The number of halogens is 1. The molecule has 116 valence electrons. The zero-order chi connectivity index (χ0) is 15.8. The molecule has 5 nitrogen and oxygen atoms in total. The fourth-order valence-electron chi connectivity index (χ4n) is 1.94. The second-order valence-corrected chi connectivity index (χ2v) is 5.43. The van der Waals surface area contributed by atoms with Gasteiger partial charge in [-0.05, 0) is 24.1 Å². The van der Waals surface area contributed by atoms with Crippen LogP contribution in [0.15, 0.2) is 24.3 Å². The van der Waals surface area contributed by atoms with E-state index in [0.29, 0.717) is 18.0 Å². The predicted octanol–water partition coefficient (Wildman–Crippen LogP) is 2.98. The zero-order valence-electron chi connectivity index (χ0n) is 12.3. The van der Waals surface area contributed by atoms with Gasteiger partial charge in [-0.25, -0.2) is 4.79 Å². The van der Waals surface area contributed by atoms with Gasteiger partial charge in [-0.2, -0.15) is 0 Å². The Morgan fingerprint density at radius 1 is 1.33 bits per heavy atom. The van der Waals surface area contributed by atoms with Gasteiger partial charge >= 0.3 is 12.0 Å². The predicted molar refractivity (Wildman–Crippen MR) is 82.4 cm³/mol. The van der Waals surface area contributed by atoms with Crippen molar-refractivity contribution in [2.24, 2.45) is 5.92 Å². The quantitative estimate of drug-likeness (QED) is 0.813. The molecule has 1 atom stereocenters. The van der Waals surface area contributed by atoms with E-state index in [9.17, 15) is 9.59 Å². The number of rotatable bonds is 7. The molecule has 0 heterocycles. The minimum Gasteiger partial charge on any atom is -0.481 e. The molecule has 0 saturated heterocycles. The van der Waals surface area contributed by atoms with Crippen LogP contribution in [0.5, 0.6) is 0 Å². The molecule has 0 saturated carbocycles. The average molecular weight is 313 g/mol. The molecule has 0 aliphatic rings. The fourth-order valence-corrected chi connectivity index (χ4v) is 2.07. The summed E-state index contributed by atoms with van der Waals surface area (Å²) in [6.07, 6.45) is 1.32. The summed E-state index contributed by atoms with van der Waals surface area (Å²) in [7, 11) is 1.67. The van der Waals surface area contributed by atoms with Crippen LogP contribution in [0.25, 0.3) is 0 Å². The Balaban J connectivity index is 2.47. The molecule has 1 aromatic carbocycles. The van der Waals surface area contributed by atoms with Gasteiger partial charge in [0.2, 0.25) is 0 Å². The number of carboxylic acid groups (broad SMARTS) is 1. The Labute approximate surface area is 129 Å². The number of hydrogen-bond donors (Lipinski definition) is 2. The van der Waals surface area contributed by atoms with Gasteiger partial charge in [0.15, 0.2) is 0 Å². The number of carbonyl (C=O) groups is 2. The first-order valence-corrected chi connectivity index (χ1v) is 7.28. The van der Waals surface area contributed by atoms with Crippen LogP contribution in [-0.4, -0.2) is 35.6 Å². The number of amides is 2. The van der Waals surface area contributed by atoms with Gasteiger partial charge < -0.3 is 15.3 Å². The Morgan fingerprint density at radius 2 is 1.95 bits per heavy atom. The van der Waals surface area contributed by atoms with Crippen LogP contribution in [0.3, 0.4) is 0 Å². The van der Waals surface area contributed by atoms with Gasteiger partial charge in [0, 0.05) is 25.2 Å². The number of urea groups is 1. The highest BCUT2D eigenvalue weighted by Crippen LogP contribution is 2.11. The molecule has 1 aromatic rings. The number of carbonyl (C=O) groups excluding carboxylic acids is 1. The molecular formula is C15H21ClN2O3. The van der Waals surface area contributed by atoms with Gasteiger partial charge in [-0.15, -0.1) is 0 Å². The van der Waals surface area contributed by atoms with E-state index in [2.05, 4.69) is 5.32 Å². The largest absolute Gasteiger partial charge is 0.481 e. The lowest BCUT2D eigenvalue weighted by Gasteiger charge is -2.20. The van der Waals surface area contributed by atoms with Gasteiger partial charge in [-0.1, -0.05) is 37.1 Å². The molecule has 0 radical (unpaired) electrons. The summed E-state index contributed by atoms with van der Waals surface area (Å²) in [5, 5.41) is 12.3. The third-order valence-corrected chi connectivity index (χ3v) is 3.42. The van der Waals surface area contributed by atoms with E-state index in [-0.39, 0.29) is 12.6 Å². The first kappa shape index (κ1) is 17.3. The number of benzene rings is 1. The molecule has 21 heavy (non-hydrogen) atoms. The minimum absolute atomic E-state index is 0.146. The van der Waals surface area contributed by atoms with Crippen molar-refractivity contribution in [3.05, 3.63) is 34.9 Å². The Bertz CT molecular complexity index is 476.